The average molecular weight is 303 g/mol. The van der Waals surface area contributed by atoms with Crippen molar-refractivity contribution in [3.05, 3.63) is 51.2 Å². The fraction of sp³-hybridized carbons (Fsp3) is 0.0714. The van der Waals surface area contributed by atoms with Crippen LogP contribution in [0.5, 0.6) is 5.75 Å². The summed E-state index contributed by atoms with van der Waals surface area (Å²) in [6.07, 6.45) is 4.89. The fourth-order valence-corrected chi connectivity index (χ4v) is 2.12. The van der Waals surface area contributed by atoms with Crippen LogP contribution in [-0.2, 0) is 7.05 Å². The maximum absolute atomic E-state index is 11.9. The van der Waals surface area contributed by atoms with Crippen molar-refractivity contribution in [3.63, 3.8) is 0 Å². The van der Waals surface area contributed by atoms with E-state index in [0.717, 1.165) is 5.56 Å². The van der Waals surface area contributed by atoms with E-state index in [9.17, 15) is 9.90 Å². The van der Waals surface area contributed by atoms with Crippen LogP contribution in [0.4, 0.5) is 0 Å². The minimum absolute atomic E-state index is 0.0247. The van der Waals surface area contributed by atoms with E-state index in [2.05, 4.69) is 15.1 Å². The molecule has 0 saturated carbocycles. The van der Waals surface area contributed by atoms with Crippen LogP contribution in [0.25, 0.3) is 23.2 Å². The molecule has 3 aromatic rings. The number of aromatic nitrogens is 4. The summed E-state index contributed by atoms with van der Waals surface area (Å²) < 4.78 is 1.54. The van der Waals surface area contributed by atoms with Crippen LogP contribution < -0.4 is 5.56 Å². The lowest BCUT2D eigenvalue weighted by Gasteiger charge is -1.99. The molecule has 2 aromatic heterocycles. The molecule has 2 N–H and O–H groups in total. The number of rotatable bonds is 2. The van der Waals surface area contributed by atoms with Gasteiger partial charge in [-0.1, -0.05) is 23.7 Å². The SMILES string of the molecule is Cn1ncc2c(=O)[nH]c(/C=C/c3ccc(O)c(Cl)c3)nc21. The van der Waals surface area contributed by atoms with Gasteiger partial charge in [0.25, 0.3) is 5.56 Å². The summed E-state index contributed by atoms with van der Waals surface area (Å²) in [5, 5.41) is 14.1. The number of benzene rings is 1. The number of hydrogen-bond donors (Lipinski definition) is 2. The van der Waals surface area contributed by atoms with Crippen LogP contribution in [0, 0.1) is 0 Å². The first-order valence-corrected chi connectivity index (χ1v) is 6.51. The molecule has 0 aliphatic carbocycles. The molecular formula is C14H11ClN4O2. The predicted octanol–water partition coefficient (Wildman–Crippen LogP) is 2.19. The Bertz CT molecular complexity index is 911. The summed E-state index contributed by atoms with van der Waals surface area (Å²) >= 11 is 5.84. The Hall–Kier alpha value is -2.60. The third-order valence-corrected chi connectivity index (χ3v) is 3.33. The van der Waals surface area contributed by atoms with Crippen molar-refractivity contribution >= 4 is 34.8 Å². The number of nitrogens with zero attached hydrogens (tertiary/aromatic N) is 3. The highest BCUT2D eigenvalue weighted by Crippen LogP contribution is 2.24. The largest absolute Gasteiger partial charge is 0.506 e. The van der Waals surface area contributed by atoms with E-state index >= 15 is 0 Å². The Morgan fingerprint density at radius 3 is 2.95 bits per heavy atom. The number of aromatic hydroxyl groups is 1. The standard InChI is InChI=1S/C14H11ClN4O2/c1-19-13-9(7-16-19)14(21)18-12(17-13)5-3-8-2-4-11(20)10(15)6-8/h2-7,20H,1H3,(H,17,18,21)/b5-3+. The summed E-state index contributed by atoms with van der Waals surface area (Å²) in [7, 11) is 1.72. The molecule has 0 radical (unpaired) electrons. The van der Waals surface area contributed by atoms with Crippen LogP contribution in [0.3, 0.4) is 0 Å². The Morgan fingerprint density at radius 2 is 2.19 bits per heavy atom. The van der Waals surface area contributed by atoms with E-state index in [1.165, 1.54) is 12.3 Å². The smallest absolute Gasteiger partial charge is 0.262 e. The number of halogens is 1. The summed E-state index contributed by atoms with van der Waals surface area (Å²) in [6, 6.07) is 4.83. The molecule has 106 valence electrons. The quantitative estimate of drug-likeness (QED) is 0.760. The number of aryl methyl sites for hydroxylation is 1. The van der Waals surface area contributed by atoms with Crippen LogP contribution in [0.15, 0.2) is 29.2 Å². The summed E-state index contributed by atoms with van der Waals surface area (Å²) in [5.74, 6) is 0.442. The molecule has 0 aliphatic heterocycles. The Kier molecular flexibility index (Phi) is 3.23. The molecule has 6 nitrogen and oxygen atoms in total. The zero-order valence-electron chi connectivity index (χ0n) is 11.0. The lowest BCUT2D eigenvalue weighted by Crippen LogP contribution is -2.09. The molecule has 21 heavy (non-hydrogen) atoms. The molecule has 0 saturated heterocycles. The van der Waals surface area contributed by atoms with Gasteiger partial charge in [-0.2, -0.15) is 5.10 Å². The third kappa shape index (κ3) is 2.53. The summed E-state index contributed by atoms with van der Waals surface area (Å²) in [5.41, 5.74) is 1.06. The van der Waals surface area contributed by atoms with Crippen molar-refractivity contribution in [2.75, 3.05) is 0 Å². The van der Waals surface area contributed by atoms with Gasteiger partial charge >= 0.3 is 0 Å². The van der Waals surface area contributed by atoms with Gasteiger partial charge in [0.1, 0.15) is 17.0 Å². The van der Waals surface area contributed by atoms with Gasteiger partial charge in [0.15, 0.2) is 5.65 Å². The Morgan fingerprint density at radius 1 is 1.38 bits per heavy atom. The first-order valence-electron chi connectivity index (χ1n) is 6.13. The first kappa shape index (κ1) is 13.4. The van der Waals surface area contributed by atoms with Crippen LogP contribution >= 0.6 is 11.6 Å². The molecule has 3 rings (SSSR count). The second-order valence-corrected chi connectivity index (χ2v) is 4.91. The molecule has 1 aromatic carbocycles. The zero-order valence-corrected chi connectivity index (χ0v) is 11.8. The molecule has 0 aliphatic rings. The number of nitrogens with one attached hydrogen (secondary N) is 1. The third-order valence-electron chi connectivity index (χ3n) is 3.03. The van der Waals surface area contributed by atoms with Gasteiger partial charge in [-0.3, -0.25) is 9.48 Å². The van der Waals surface area contributed by atoms with E-state index in [1.54, 1.807) is 36.0 Å². The molecule has 0 spiro atoms. The number of hydrogen-bond acceptors (Lipinski definition) is 4. The maximum atomic E-state index is 11.9. The van der Waals surface area contributed by atoms with E-state index in [4.69, 9.17) is 11.6 Å². The van der Waals surface area contributed by atoms with Crippen LogP contribution in [0.2, 0.25) is 5.02 Å². The molecule has 0 fully saturated rings. The lowest BCUT2D eigenvalue weighted by atomic mass is 10.2. The average Bonchev–Trinajstić information content (AvgIpc) is 2.83. The zero-order chi connectivity index (χ0) is 15.0. The highest BCUT2D eigenvalue weighted by Gasteiger charge is 2.06. The minimum atomic E-state index is -0.239. The van der Waals surface area contributed by atoms with E-state index in [1.807, 2.05) is 0 Å². The minimum Gasteiger partial charge on any atom is -0.506 e. The van der Waals surface area contributed by atoms with E-state index in [-0.39, 0.29) is 16.3 Å². The van der Waals surface area contributed by atoms with Crippen molar-refractivity contribution in [1.82, 2.24) is 19.7 Å². The van der Waals surface area contributed by atoms with Crippen LogP contribution in [-0.4, -0.2) is 24.9 Å². The number of H-pyrrole nitrogens is 1. The van der Waals surface area contributed by atoms with Crippen LogP contribution in [0.1, 0.15) is 11.4 Å². The van der Waals surface area contributed by atoms with Crippen molar-refractivity contribution in [3.8, 4) is 5.75 Å². The Labute approximate surface area is 124 Å². The van der Waals surface area contributed by atoms with Crippen molar-refractivity contribution in [2.45, 2.75) is 0 Å². The fourth-order valence-electron chi connectivity index (χ4n) is 1.93. The molecule has 0 unspecified atom stereocenters. The number of fused-ring (bicyclic) bond motifs is 1. The van der Waals surface area contributed by atoms with E-state index < -0.39 is 0 Å². The molecule has 0 bridgehead atoms. The highest BCUT2D eigenvalue weighted by atomic mass is 35.5. The normalized spacial score (nSPS) is 11.5. The van der Waals surface area contributed by atoms with Gasteiger partial charge in [-0.05, 0) is 23.8 Å². The van der Waals surface area contributed by atoms with Gasteiger partial charge in [0, 0.05) is 7.05 Å². The lowest BCUT2D eigenvalue weighted by molar-refractivity contribution is 0.475. The molecule has 2 heterocycles. The highest BCUT2D eigenvalue weighted by molar-refractivity contribution is 6.32. The molecular weight excluding hydrogens is 292 g/mol. The topological polar surface area (TPSA) is 83.8 Å². The summed E-state index contributed by atoms with van der Waals surface area (Å²) in [6.45, 7) is 0. The first-order chi connectivity index (χ1) is 10.0. The van der Waals surface area contributed by atoms with Crippen molar-refractivity contribution in [2.24, 2.45) is 7.05 Å². The van der Waals surface area contributed by atoms with Gasteiger partial charge in [0.05, 0.1) is 11.2 Å². The van der Waals surface area contributed by atoms with Gasteiger partial charge < -0.3 is 10.1 Å². The number of phenols is 1. The molecule has 0 amide bonds. The monoisotopic (exact) mass is 302 g/mol. The second kappa shape index (κ2) is 5.06. The van der Waals surface area contributed by atoms with Crippen molar-refractivity contribution in [1.29, 1.82) is 0 Å². The molecule has 7 heteroatoms. The summed E-state index contributed by atoms with van der Waals surface area (Å²) in [4.78, 5) is 18.9. The number of aromatic amines is 1. The maximum Gasteiger partial charge on any atom is 0.262 e. The Balaban J connectivity index is 2.00. The van der Waals surface area contributed by atoms with E-state index in [0.29, 0.717) is 16.9 Å². The van der Waals surface area contributed by atoms with Crippen molar-refractivity contribution < 1.29 is 5.11 Å². The predicted molar refractivity (Wildman–Crippen MR) is 81.2 cm³/mol. The molecule has 0 atom stereocenters. The second-order valence-electron chi connectivity index (χ2n) is 4.50. The number of phenolic OH excluding ortho intramolecular Hbond substituents is 1. The van der Waals surface area contributed by atoms with Gasteiger partial charge in [0.2, 0.25) is 0 Å². The van der Waals surface area contributed by atoms with Gasteiger partial charge in [-0.15, -0.1) is 0 Å². The van der Waals surface area contributed by atoms with Gasteiger partial charge in [-0.25, -0.2) is 4.98 Å².